The second kappa shape index (κ2) is 15.0. The quantitative estimate of drug-likeness (QED) is 0.247. The molecular formula is C28H35N2NaO5. The van der Waals surface area contributed by atoms with Gasteiger partial charge < -0.3 is 24.0 Å². The molecule has 0 bridgehead atoms. The molecule has 0 aliphatic carbocycles. The summed E-state index contributed by atoms with van der Waals surface area (Å²) >= 11 is 0. The number of ether oxygens (including phenoxy) is 1. The van der Waals surface area contributed by atoms with Crippen LogP contribution in [0.3, 0.4) is 0 Å². The number of carbonyl (C=O) groups is 2. The molecule has 3 rings (SSSR count). The predicted octanol–water partition coefficient (Wildman–Crippen LogP) is 1.34. The molecule has 1 atom stereocenters. The monoisotopic (exact) mass is 502 g/mol. The van der Waals surface area contributed by atoms with Crippen molar-refractivity contribution in [2.75, 3.05) is 13.2 Å². The van der Waals surface area contributed by atoms with Crippen molar-refractivity contribution in [3.05, 3.63) is 64.9 Å². The Kier molecular flexibility index (Phi) is 12.5. The van der Waals surface area contributed by atoms with Gasteiger partial charge in [-0.25, -0.2) is 4.98 Å². The molecule has 1 aromatic heterocycles. The van der Waals surface area contributed by atoms with Crippen LogP contribution < -0.4 is 39.4 Å². The van der Waals surface area contributed by atoms with E-state index in [4.69, 9.17) is 9.15 Å². The molecule has 0 radical (unpaired) electrons. The number of allylic oxidation sites excluding steroid dienone is 2. The van der Waals surface area contributed by atoms with Crippen molar-refractivity contribution < 1.29 is 53.4 Å². The van der Waals surface area contributed by atoms with Gasteiger partial charge in [-0.05, 0) is 61.6 Å². The van der Waals surface area contributed by atoms with Crippen molar-refractivity contribution in [1.29, 1.82) is 0 Å². The first-order chi connectivity index (χ1) is 16.9. The molecule has 1 aromatic carbocycles. The maximum absolute atomic E-state index is 12.7. The minimum atomic E-state index is -1.29. The molecule has 1 amide bonds. The molecule has 0 saturated heterocycles. The summed E-state index contributed by atoms with van der Waals surface area (Å²) in [5.41, 5.74) is 2.27. The number of hydrogen-bond donors (Lipinski definition) is 0. The van der Waals surface area contributed by atoms with Gasteiger partial charge in [0.1, 0.15) is 11.5 Å². The first-order valence-electron chi connectivity index (χ1n) is 12.5. The summed E-state index contributed by atoms with van der Waals surface area (Å²) in [6.45, 7) is 6.78. The van der Waals surface area contributed by atoms with Gasteiger partial charge in [0.2, 0.25) is 11.8 Å². The third-order valence-corrected chi connectivity index (χ3v) is 6.07. The van der Waals surface area contributed by atoms with Crippen LogP contribution in [0, 0.1) is 6.92 Å². The molecule has 0 spiro atoms. The van der Waals surface area contributed by atoms with Gasteiger partial charge in [-0.2, -0.15) is 0 Å². The van der Waals surface area contributed by atoms with E-state index in [9.17, 15) is 14.7 Å². The molecule has 36 heavy (non-hydrogen) atoms. The molecule has 1 aliphatic heterocycles. The first kappa shape index (κ1) is 29.9. The Morgan fingerprint density at radius 1 is 1.22 bits per heavy atom. The molecule has 2 aromatic rings. The van der Waals surface area contributed by atoms with E-state index in [2.05, 4.69) is 18.8 Å². The molecule has 2 heterocycles. The van der Waals surface area contributed by atoms with Crippen molar-refractivity contribution in [2.45, 2.75) is 71.8 Å². The van der Waals surface area contributed by atoms with Crippen LogP contribution in [0.5, 0.6) is 5.75 Å². The summed E-state index contributed by atoms with van der Waals surface area (Å²) in [5, 5.41) is 12.1. The Morgan fingerprint density at radius 3 is 2.75 bits per heavy atom. The zero-order chi connectivity index (χ0) is 25.2. The van der Waals surface area contributed by atoms with Gasteiger partial charge in [0.25, 0.3) is 0 Å². The Morgan fingerprint density at radius 2 is 2.03 bits per heavy atom. The summed E-state index contributed by atoms with van der Waals surface area (Å²) in [6.07, 6.45) is 13.2. The fourth-order valence-electron chi connectivity index (χ4n) is 4.15. The summed E-state index contributed by atoms with van der Waals surface area (Å²) < 4.78 is 11.6. The van der Waals surface area contributed by atoms with E-state index >= 15 is 0 Å². The Hall–Kier alpha value is -2.35. The van der Waals surface area contributed by atoms with Crippen molar-refractivity contribution in [3.8, 4) is 5.75 Å². The summed E-state index contributed by atoms with van der Waals surface area (Å²) in [5.74, 6) is 0.295. The van der Waals surface area contributed by atoms with Gasteiger partial charge >= 0.3 is 29.6 Å². The Bertz CT molecular complexity index is 1080. The smallest absolute Gasteiger partial charge is 0.548 e. The van der Waals surface area contributed by atoms with Crippen LogP contribution in [-0.4, -0.2) is 34.9 Å². The number of fused-ring (bicyclic) bond motifs is 1. The standard InChI is InChI=1S/C28H36N2O5.Na/c1-4-6-8-10-12-26(31)30-17-15-21-13-14-22(19-23(21)27(30)28(32)33)34-18-16-24-20(3)35-25(29-24)11-9-7-5-2;/h9-14,19,27H,4-8,15-18H2,1-3H3,(H,32,33);/q;+1/p-1/b11-9+,12-10?;. The van der Waals surface area contributed by atoms with E-state index in [0.29, 0.717) is 43.2 Å². The Balaban J connectivity index is 0.00000456. The van der Waals surface area contributed by atoms with Gasteiger partial charge in [-0.1, -0.05) is 51.3 Å². The minimum absolute atomic E-state index is 0. The number of unbranched alkanes of at least 4 members (excludes halogenated alkanes) is 3. The molecule has 0 N–H and O–H groups in total. The molecule has 188 valence electrons. The maximum atomic E-state index is 12.7. The van der Waals surface area contributed by atoms with E-state index in [1.807, 2.05) is 37.3 Å². The number of nitrogens with zero attached hydrogens (tertiary/aromatic N) is 2. The minimum Gasteiger partial charge on any atom is -0.548 e. The number of aromatic nitrogens is 1. The number of carbonyl (C=O) groups excluding carboxylic acids is 2. The SMILES string of the molecule is CCC/C=C/c1nc(CCOc2ccc3c(c2)C(C(=O)[O-])N(C(=O)C=CCCCC)CC3)c(C)o1.[Na+]. The van der Waals surface area contributed by atoms with Gasteiger partial charge in [0.15, 0.2) is 0 Å². The van der Waals surface area contributed by atoms with Crippen LogP contribution in [0.1, 0.15) is 80.5 Å². The van der Waals surface area contributed by atoms with Crippen molar-refractivity contribution in [3.63, 3.8) is 0 Å². The van der Waals surface area contributed by atoms with Crippen LogP contribution in [0.2, 0.25) is 0 Å². The normalized spacial score (nSPS) is 15.2. The van der Waals surface area contributed by atoms with E-state index in [-0.39, 0.29) is 35.5 Å². The predicted molar refractivity (Wildman–Crippen MR) is 133 cm³/mol. The summed E-state index contributed by atoms with van der Waals surface area (Å²) in [4.78, 5) is 30.7. The third-order valence-electron chi connectivity index (χ3n) is 6.07. The molecule has 8 heteroatoms. The van der Waals surface area contributed by atoms with Crippen LogP contribution in [0.4, 0.5) is 0 Å². The number of hydrogen-bond acceptors (Lipinski definition) is 6. The van der Waals surface area contributed by atoms with Crippen LogP contribution in [-0.2, 0) is 22.4 Å². The molecule has 7 nitrogen and oxygen atoms in total. The largest absolute Gasteiger partial charge is 1.00 e. The zero-order valence-electron chi connectivity index (χ0n) is 21.9. The van der Waals surface area contributed by atoms with Gasteiger partial charge in [-0.15, -0.1) is 0 Å². The van der Waals surface area contributed by atoms with Crippen LogP contribution in [0.25, 0.3) is 6.08 Å². The van der Waals surface area contributed by atoms with Crippen molar-refractivity contribution in [1.82, 2.24) is 9.88 Å². The average molecular weight is 503 g/mol. The van der Waals surface area contributed by atoms with Crippen LogP contribution >= 0.6 is 0 Å². The average Bonchev–Trinajstić information content (AvgIpc) is 3.19. The van der Waals surface area contributed by atoms with Gasteiger partial charge in [-0.3, -0.25) is 4.79 Å². The van der Waals surface area contributed by atoms with Crippen molar-refractivity contribution >= 4 is 18.0 Å². The fourth-order valence-corrected chi connectivity index (χ4v) is 4.15. The number of oxazole rings is 1. The second-order valence-electron chi connectivity index (χ2n) is 8.75. The van der Waals surface area contributed by atoms with E-state index in [1.165, 1.54) is 11.0 Å². The van der Waals surface area contributed by atoms with Crippen molar-refractivity contribution in [2.24, 2.45) is 0 Å². The number of aliphatic carboxylic acids is 1. The number of carboxylic acids is 1. The molecule has 1 unspecified atom stereocenters. The molecule has 1 aliphatic rings. The molecule has 0 fully saturated rings. The number of aryl methyl sites for hydroxylation is 1. The van der Waals surface area contributed by atoms with E-state index < -0.39 is 12.0 Å². The van der Waals surface area contributed by atoms with Gasteiger partial charge in [0, 0.05) is 13.0 Å². The van der Waals surface area contributed by atoms with E-state index in [1.54, 1.807) is 6.07 Å². The number of rotatable bonds is 12. The number of carboxylic acid groups (broad SMARTS) is 1. The van der Waals surface area contributed by atoms with E-state index in [0.717, 1.165) is 49.1 Å². The number of amides is 1. The number of benzene rings is 1. The maximum Gasteiger partial charge on any atom is 1.00 e. The van der Waals surface area contributed by atoms with Gasteiger partial charge in [0.05, 0.1) is 24.3 Å². The summed E-state index contributed by atoms with van der Waals surface area (Å²) in [6, 6.07) is 4.28. The zero-order valence-corrected chi connectivity index (χ0v) is 23.9. The second-order valence-corrected chi connectivity index (χ2v) is 8.75. The first-order valence-corrected chi connectivity index (χ1v) is 12.5. The topological polar surface area (TPSA) is 95.7 Å². The fraction of sp³-hybridized carbons (Fsp3) is 0.464. The summed E-state index contributed by atoms with van der Waals surface area (Å²) in [7, 11) is 0. The molecule has 0 saturated carbocycles. The molecular weight excluding hydrogens is 467 g/mol. The third kappa shape index (κ3) is 8.08. The van der Waals surface area contributed by atoms with Crippen LogP contribution in [0.15, 0.2) is 40.8 Å². The Labute approximate surface area is 235 Å².